The van der Waals surface area contributed by atoms with Crippen LogP contribution in [0.2, 0.25) is 0 Å². The largest absolute Gasteiger partial charge is 0.477 e. The summed E-state index contributed by atoms with van der Waals surface area (Å²) in [5.41, 5.74) is -1.22. The first kappa shape index (κ1) is 19.9. The Morgan fingerprint density at radius 2 is 1.89 bits per heavy atom. The van der Waals surface area contributed by atoms with Crippen molar-refractivity contribution in [2.45, 2.75) is 20.0 Å². The number of hydrogen-bond donors (Lipinski definition) is 0. The van der Waals surface area contributed by atoms with Gasteiger partial charge in [-0.3, -0.25) is 9.80 Å². The van der Waals surface area contributed by atoms with Gasteiger partial charge in [0.05, 0.1) is 19.7 Å². The minimum Gasteiger partial charge on any atom is -0.477 e. The van der Waals surface area contributed by atoms with E-state index >= 15 is 0 Å². The Bertz CT molecular complexity index is 815. The second-order valence-electron chi connectivity index (χ2n) is 6.82. The van der Waals surface area contributed by atoms with E-state index in [-0.39, 0.29) is 5.69 Å². The fourth-order valence-corrected chi connectivity index (χ4v) is 2.78. The highest BCUT2D eigenvalue weighted by Gasteiger charge is 2.36. The van der Waals surface area contributed by atoms with Gasteiger partial charge >= 0.3 is 6.18 Å². The number of rotatable bonds is 6. The second-order valence-corrected chi connectivity index (χ2v) is 6.82. The number of hydrogen-bond acceptors (Lipinski definition) is 7. The SMILES string of the molecule is CC(C)COc1cc(N2CCN(n3nc(C(F)(F)F)cc3C=O)CC2)ncn1. The van der Waals surface area contributed by atoms with E-state index < -0.39 is 11.9 Å². The molecule has 2 aromatic rings. The van der Waals surface area contributed by atoms with E-state index in [9.17, 15) is 18.0 Å². The van der Waals surface area contributed by atoms with Gasteiger partial charge in [0.2, 0.25) is 5.88 Å². The van der Waals surface area contributed by atoms with Crippen molar-refractivity contribution >= 4 is 12.1 Å². The first-order valence-electron chi connectivity index (χ1n) is 8.85. The van der Waals surface area contributed by atoms with E-state index in [0.29, 0.717) is 56.7 Å². The van der Waals surface area contributed by atoms with Crippen molar-refractivity contribution in [3.8, 4) is 5.88 Å². The Balaban J connectivity index is 1.67. The predicted molar refractivity (Wildman–Crippen MR) is 95.1 cm³/mol. The third kappa shape index (κ3) is 4.52. The third-order valence-corrected chi connectivity index (χ3v) is 4.17. The molecule has 0 amide bonds. The molecule has 1 saturated heterocycles. The lowest BCUT2D eigenvalue weighted by Gasteiger charge is -2.36. The van der Waals surface area contributed by atoms with Crippen molar-refractivity contribution in [1.29, 1.82) is 0 Å². The molecule has 0 aromatic carbocycles. The van der Waals surface area contributed by atoms with Crippen LogP contribution in [0.4, 0.5) is 19.0 Å². The van der Waals surface area contributed by atoms with Gasteiger partial charge in [-0.05, 0) is 5.92 Å². The molecule has 3 rings (SSSR count). The number of carbonyl (C=O) groups is 1. The molecular formula is C17H21F3N6O2. The quantitative estimate of drug-likeness (QED) is 0.689. The number of piperazine rings is 1. The maximum Gasteiger partial charge on any atom is 0.435 e. The Labute approximate surface area is 159 Å². The van der Waals surface area contributed by atoms with Crippen LogP contribution in [-0.4, -0.2) is 58.9 Å². The average molecular weight is 398 g/mol. The highest BCUT2D eigenvalue weighted by Crippen LogP contribution is 2.28. The van der Waals surface area contributed by atoms with Gasteiger partial charge in [0.25, 0.3) is 0 Å². The molecule has 1 fully saturated rings. The number of aromatic nitrogens is 4. The normalized spacial score (nSPS) is 15.2. The molecule has 0 atom stereocenters. The molecule has 3 heterocycles. The standard InChI is InChI=1S/C17H21F3N6O2/c1-12(2)10-28-16-8-15(21-11-22-16)24-3-5-25(6-4-24)26-13(9-27)7-14(23-26)17(18,19)20/h7-9,11-12H,3-6,10H2,1-2H3. The minimum absolute atomic E-state index is 0.132. The van der Waals surface area contributed by atoms with Crippen LogP contribution in [0.5, 0.6) is 5.88 Å². The van der Waals surface area contributed by atoms with Gasteiger partial charge in [-0.15, -0.1) is 5.10 Å². The Kier molecular flexibility index (Phi) is 5.71. The fraction of sp³-hybridized carbons (Fsp3) is 0.529. The van der Waals surface area contributed by atoms with Gasteiger partial charge in [0, 0.05) is 25.2 Å². The lowest BCUT2D eigenvalue weighted by atomic mass is 10.2. The van der Waals surface area contributed by atoms with Gasteiger partial charge in [0.1, 0.15) is 17.8 Å². The van der Waals surface area contributed by atoms with Crippen LogP contribution in [0.3, 0.4) is 0 Å². The van der Waals surface area contributed by atoms with Crippen LogP contribution >= 0.6 is 0 Å². The van der Waals surface area contributed by atoms with Gasteiger partial charge in [-0.1, -0.05) is 13.8 Å². The number of carbonyl (C=O) groups excluding carboxylic acids is 1. The zero-order valence-corrected chi connectivity index (χ0v) is 15.6. The van der Waals surface area contributed by atoms with Crippen molar-refractivity contribution in [3.63, 3.8) is 0 Å². The van der Waals surface area contributed by atoms with Gasteiger partial charge in [0.15, 0.2) is 12.0 Å². The zero-order chi connectivity index (χ0) is 20.3. The highest BCUT2D eigenvalue weighted by atomic mass is 19.4. The van der Waals surface area contributed by atoms with Crippen LogP contribution in [-0.2, 0) is 6.18 Å². The third-order valence-electron chi connectivity index (χ3n) is 4.17. The molecular weight excluding hydrogens is 377 g/mol. The summed E-state index contributed by atoms with van der Waals surface area (Å²) < 4.78 is 44.2. The first-order valence-corrected chi connectivity index (χ1v) is 8.85. The van der Waals surface area contributed by atoms with E-state index in [1.54, 1.807) is 11.1 Å². The molecule has 28 heavy (non-hydrogen) atoms. The fourth-order valence-electron chi connectivity index (χ4n) is 2.78. The number of alkyl halides is 3. The number of nitrogens with zero attached hydrogens (tertiary/aromatic N) is 6. The van der Waals surface area contributed by atoms with E-state index in [1.165, 1.54) is 6.33 Å². The van der Waals surface area contributed by atoms with Crippen molar-refractivity contribution in [1.82, 2.24) is 19.9 Å². The predicted octanol–water partition coefficient (Wildman–Crippen LogP) is 2.00. The Hall–Kier alpha value is -2.85. The Morgan fingerprint density at radius 1 is 1.18 bits per heavy atom. The summed E-state index contributed by atoms with van der Waals surface area (Å²) in [6, 6.07) is 2.49. The lowest BCUT2D eigenvalue weighted by Crippen LogP contribution is -2.52. The van der Waals surface area contributed by atoms with Crippen LogP contribution < -0.4 is 14.6 Å². The molecule has 0 bridgehead atoms. The number of aldehydes is 1. The topological polar surface area (TPSA) is 76.4 Å². The van der Waals surface area contributed by atoms with E-state index in [2.05, 4.69) is 15.1 Å². The van der Waals surface area contributed by atoms with Crippen LogP contribution in [0, 0.1) is 5.92 Å². The molecule has 1 aliphatic rings. The summed E-state index contributed by atoms with van der Waals surface area (Å²) in [4.78, 5) is 22.5. The summed E-state index contributed by atoms with van der Waals surface area (Å²) in [6.45, 7) is 6.38. The molecule has 0 saturated carbocycles. The monoisotopic (exact) mass is 398 g/mol. The van der Waals surface area contributed by atoms with Crippen LogP contribution in [0.15, 0.2) is 18.5 Å². The van der Waals surface area contributed by atoms with Crippen molar-refractivity contribution in [2.75, 3.05) is 42.7 Å². The molecule has 0 N–H and O–H groups in total. The maximum atomic E-state index is 12.9. The van der Waals surface area contributed by atoms with Crippen LogP contribution in [0.1, 0.15) is 30.0 Å². The molecule has 2 aromatic heterocycles. The summed E-state index contributed by atoms with van der Waals surface area (Å²) in [5, 5.41) is 5.15. The molecule has 0 unspecified atom stereocenters. The van der Waals surface area contributed by atoms with E-state index in [1.807, 2.05) is 18.7 Å². The molecule has 152 valence electrons. The lowest BCUT2D eigenvalue weighted by molar-refractivity contribution is -0.141. The van der Waals surface area contributed by atoms with Gasteiger partial charge in [-0.25, -0.2) is 9.97 Å². The number of ether oxygens (including phenoxy) is 1. The summed E-state index contributed by atoms with van der Waals surface area (Å²) in [5.74, 6) is 1.52. The average Bonchev–Trinajstić information content (AvgIpc) is 3.12. The molecule has 8 nitrogen and oxygen atoms in total. The maximum absolute atomic E-state index is 12.9. The molecule has 11 heteroatoms. The van der Waals surface area contributed by atoms with E-state index in [0.717, 1.165) is 10.9 Å². The second kappa shape index (κ2) is 8.03. The molecule has 0 spiro atoms. The minimum atomic E-state index is -4.60. The molecule has 1 aliphatic heterocycles. The first-order chi connectivity index (χ1) is 13.3. The number of anilines is 1. The van der Waals surface area contributed by atoms with Crippen molar-refractivity contribution < 1.29 is 22.7 Å². The smallest absolute Gasteiger partial charge is 0.435 e. The summed E-state index contributed by atoms with van der Waals surface area (Å²) in [7, 11) is 0. The highest BCUT2D eigenvalue weighted by molar-refractivity contribution is 5.72. The molecule has 0 radical (unpaired) electrons. The number of halogens is 3. The van der Waals surface area contributed by atoms with Crippen molar-refractivity contribution in [3.05, 3.63) is 29.8 Å². The Morgan fingerprint density at radius 3 is 2.50 bits per heavy atom. The van der Waals surface area contributed by atoms with Crippen LogP contribution in [0.25, 0.3) is 0 Å². The molecule has 0 aliphatic carbocycles. The summed E-state index contributed by atoms with van der Waals surface area (Å²) >= 11 is 0. The van der Waals surface area contributed by atoms with Crippen molar-refractivity contribution in [2.24, 2.45) is 5.92 Å². The van der Waals surface area contributed by atoms with Gasteiger partial charge in [-0.2, -0.15) is 18.0 Å². The summed E-state index contributed by atoms with van der Waals surface area (Å²) in [6.07, 6.45) is -2.81. The van der Waals surface area contributed by atoms with Gasteiger partial charge < -0.3 is 9.64 Å². The zero-order valence-electron chi connectivity index (χ0n) is 15.6. The van der Waals surface area contributed by atoms with E-state index in [4.69, 9.17) is 4.74 Å².